The Hall–Kier alpha value is -4.88. The van der Waals surface area contributed by atoms with Crippen molar-refractivity contribution in [3.63, 3.8) is 0 Å². The van der Waals surface area contributed by atoms with Gasteiger partial charge in [-0.3, -0.25) is 0 Å². The summed E-state index contributed by atoms with van der Waals surface area (Å²) in [6.45, 7) is 0. The average molecular weight is 468 g/mol. The summed E-state index contributed by atoms with van der Waals surface area (Å²) in [4.78, 5) is 0. The lowest BCUT2D eigenvalue weighted by Crippen LogP contribution is -1.95. The summed E-state index contributed by atoms with van der Waals surface area (Å²) in [5.74, 6) is 0. The second kappa shape index (κ2) is 6.87. The lowest BCUT2D eigenvalue weighted by atomic mass is 9.95. The van der Waals surface area contributed by atoms with E-state index in [1.807, 2.05) is 0 Å². The van der Waals surface area contributed by atoms with Gasteiger partial charge in [0, 0.05) is 16.2 Å². The van der Waals surface area contributed by atoms with E-state index in [2.05, 4.69) is 132 Å². The predicted molar refractivity (Wildman–Crippen MR) is 158 cm³/mol. The van der Waals surface area contributed by atoms with Gasteiger partial charge in [0.15, 0.2) is 0 Å². The molecule has 1 heterocycles. The van der Waals surface area contributed by atoms with Crippen LogP contribution < -0.4 is 0 Å². The number of para-hydroxylation sites is 2. The maximum absolute atomic E-state index is 2.44. The Balaban J connectivity index is 1.39. The Labute approximate surface area is 213 Å². The monoisotopic (exact) mass is 467 g/mol. The van der Waals surface area contributed by atoms with E-state index in [0.717, 1.165) is 0 Å². The minimum atomic E-state index is 1.24. The normalized spacial score (nSPS) is 12.3. The van der Waals surface area contributed by atoms with Crippen molar-refractivity contribution in [2.45, 2.75) is 0 Å². The minimum Gasteiger partial charge on any atom is -0.309 e. The molecule has 1 aromatic heterocycles. The van der Waals surface area contributed by atoms with Crippen molar-refractivity contribution in [2.75, 3.05) is 0 Å². The zero-order valence-electron chi connectivity index (χ0n) is 20.1. The zero-order valence-corrected chi connectivity index (χ0v) is 20.1. The summed E-state index contributed by atoms with van der Waals surface area (Å²) in [7, 11) is 0. The summed E-state index contributed by atoms with van der Waals surface area (Å²) in [6.07, 6.45) is 0. The molecule has 1 aliphatic carbocycles. The van der Waals surface area contributed by atoms with Gasteiger partial charge in [-0.2, -0.15) is 0 Å². The van der Waals surface area contributed by atoms with Crippen molar-refractivity contribution in [2.24, 2.45) is 0 Å². The van der Waals surface area contributed by atoms with Crippen LogP contribution in [0.3, 0.4) is 0 Å². The molecular formula is C36H21N. The molecule has 0 spiro atoms. The fourth-order valence-corrected chi connectivity index (χ4v) is 6.72. The first kappa shape index (κ1) is 19.3. The van der Waals surface area contributed by atoms with Gasteiger partial charge in [0.05, 0.1) is 16.7 Å². The number of hydrogen-bond acceptors (Lipinski definition) is 0. The van der Waals surface area contributed by atoms with E-state index in [0.29, 0.717) is 0 Å². The molecule has 0 atom stereocenters. The van der Waals surface area contributed by atoms with Gasteiger partial charge in [0.1, 0.15) is 0 Å². The molecule has 9 rings (SSSR count). The molecule has 8 aromatic rings. The molecule has 0 aliphatic heterocycles. The van der Waals surface area contributed by atoms with Crippen LogP contribution in [-0.4, -0.2) is 4.57 Å². The van der Waals surface area contributed by atoms with Crippen molar-refractivity contribution < 1.29 is 0 Å². The number of aromatic nitrogens is 1. The molecule has 170 valence electrons. The Morgan fingerprint density at radius 3 is 1.78 bits per heavy atom. The van der Waals surface area contributed by atoms with Crippen LogP contribution in [0.15, 0.2) is 127 Å². The Morgan fingerprint density at radius 1 is 0.351 bits per heavy atom. The van der Waals surface area contributed by atoms with Crippen molar-refractivity contribution in [3.8, 4) is 27.9 Å². The van der Waals surface area contributed by atoms with Gasteiger partial charge < -0.3 is 4.57 Å². The lowest BCUT2D eigenvalue weighted by molar-refractivity contribution is 1.20. The first-order chi connectivity index (χ1) is 18.4. The highest BCUT2D eigenvalue weighted by Gasteiger charge is 2.24. The molecule has 1 aliphatic rings. The van der Waals surface area contributed by atoms with Gasteiger partial charge in [0.2, 0.25) is 0 Å². The molecule has 0 N–H and O–H groups in total. The minimum absolute atomic E-state index is 1.24. The van der Waals surface area contributed by atoms with Gasteiger partial charge in [0.25, 0.3) is 0 Å². The average Bonchev–Trinajstić information content (AvgIpc) is 3.46. The Kier molecular flexibility index (Phi) is 3.59. The fraction of sp³-hybridized carbons (Fsp3) is 0. The molecule has 1 heteroatoms. The number of benzene rings is 7. The number of hydrogen-bond donors (Lipinski definition) is 0. The van der Waals surface area contributed by atoms with Crippen LogP contribution in [-0.2, 0) is 0 Å². The molecule has 0 radical (unpaired) electrons. The molecule has 0 saturated heterocycles. The molecule has 0 fully saturated rings. The van der Waals surface area contributed by atoms with Crippen molar-refractivity contribution >= 4 is 54.1 Å². The van der Waals surface area contributed by atoms with Crippen LogP contribution >= 0.6 is 0 Å². The van der Waals surface area contributed by atoms with Crippen LogP contribution in [0.25, 0.3) is 82.1 Å². The molecule has 0 bridgehead atoms. The van der Waals surface area contributed by atoms with Crippen molar-refractivity contribution in [1.29, 1.82) is 0 Å². The first-order valence-corrected chi connectivity index (χ1v) is 12.9. The molecule has 0 amide bonds. The Bertz CT molecular complexity index is 2190. The first-order valence-electron chi connectivity index (χ1n) is 12.9. The predicted octanol–water partition coefficient (Wildman–Crippen LogP) is 9.89. The quantitative estimate of drug-likeness (QED) is 0.212. The van der Waals surface area contributed by atoms with Crippen molar-refractivity contribution in [3.05, 3.63) is 127 Å². The fourth-order valence-electron chi connectivity index (χ4n) is 6.72. The van der Waals surface area contributed by atoms with Crippen molar-refractivity contribution in [1.82, 2.24) is 4.57 Å². The summed E-state index contributed by atoms with van der Waals surface area (Å²) in [6, 6.07) is 47.0. The van der Waals surface area contributed by atoms with E-state index in [9.17, 15) is 0 Å². The summed E-state index contributed by atoms with van der Waals surface area (Å²) >= 11 is 0. The third kappa shape index (κ3) is 2.43. The smallest absolute Gasteiger partial charge is 0.0541 e. The van der Waals surface area contributed by atoms with E-state index in [-0.39, 0.29) is 0 Å². The maximum Gasteiger partial charge on any atom is 0.0541 e. The standard InChI is InChI=1S/C36H21N/c1-2-9-24-22(8-1)16-17-23-20-31-28-18-19-35(29-13-7-12-27(36(28)29)32(31)21-30(23)24)37-33-14-5-3-10-25(33)26-11-4-6-15-34(26)37/h1-21H. The molecule has 0 saturated carbocycles. The molecule has 0 unspecified atom stereocenters. The third-order valence-corrected chi connectivity index (χ3v) is 8.30. The topological polar surface area (TPSA) is 4.93 Å². The van der Waals surface area contributed by atoms with Crippen LogP contribution in [0, 0.1) is 0 Å². The molecular weight excluding hydrogens is 446 g/mol. The van der Waals surface area contributed by atoms with E-state index >= 15 is 0 Å². The summed E-state index contributed by atoms with van der Waals surface area (Å²) in [5.41, 5.74) is 9.07. The third-order valence-electron chi connectivity index (χ3n) is 8.30. The van der Waals surface area contributed by atoms with Gasteiger partial charge >= 0.3 is 0 Å². The summed E-state index contributed by atoms with van der Waals surface area (Å²) in [5, 5.41) is 10.5. The zero-order chi connectivity index (χ0) is 24.1. The highest BCUT2D eigenvalue weighted by atomic mass is 15.0. The lowest BCUT2D eigenvalue weighted by Gasteiger charge is -2.13. The van der Waals surface area contributed by atoms with Gasteiger partial charge in [-0.15, -0.1) is 0 Å². The highest BCUT2D eigenvalue weighted by molar-refractivity contribution is 6.22. The molecule has 7 aromatic carbocycles. The van der Waals surface area contributed by atoms with E-state index in [4.69, 9.17) is 0 Å². The highest BCUT2D eigenvalue weighted by Crippen LogP contribution is 2.50. The second-order valence-corrected chi connectivity index (χ2v) is 10.1. The van der Waals surface area contributed by atoms with E-state index in [1.165, 1.54) is 82.1 Å². The molecule has 37 heavy (non-hydrogen) atoms. The number of fused-ring (bicyclic) bond motifs is 9. The van der Waals surface area contributed by atoms with Crippen LogP contribution in [0.1, 0.15) is 0 Å². The number of nitrogens with zero attached hydrogens (tertiary/aromatic N) is 1. The van der Waals surface area contributed by atoms with Gasteiger partial charge in [-0.25, -0.2) is 0 Å². The Morgan fingerprint density at radius 2 is 0.973 bits per heavy atom. The van der Waals surface area contributed by atoms with Gasteiger partial charge in [-0.05, 0) is 79.5 Å². The SMILES string of the molecule is c1ccc2c(c1)ccc1cc3c(cc12)-c1cccc2c(-n4c5ccccc5c5ccccc54)ccc-3c12. The van der Waals surface area contributed by atoms with E-state index in [1.54, 1.807) is 0 Å². The van der Waals surface area contributed by atoms with E-state index < -0.39 is 0 Å². The van der Waals surface area contributed by atoms with Crippen LogP contribution in [0.4, 0.5) is 0 Å². The molecule has 1 nitrogen and oxygen atoms in total. The van der Waals surface area contributed by atoms with Crippen LogP contribution in [0.5, 0.6) is 0 Å². The maximum atomic E-state index is 2.44. The largest absolute Gasteiger partial charge is 0.309 e. The summed E-state index contributed by atoms with van der Waals surface area (Å²) < 4.78 is 2.44. The second-order valence-electron chi connectivity index (χ2n) is 10.1. The van der Waals surface area contributed by atoms with Crippen LogP contribution in [0.2, 0.25) is 0 Å². The van der Waals surface area contributed by atoms with Gasteiger partial charge in [-0.1, -0.05) is 97.1 Å². The number of rotatable bonds is 1.